The molecule has 0 atom stereocenters. The molecule has 0 radical (unpaired) electrons. The first-order valence-corrected chi connectivity index (χ1v) is 12.4. The number of thioether (sulfide) groups is 1. The second kappa shape index (κ2) is 10.4. The van der Waals surface area contributed by atoms with Crippen LogP contribution >= 0.6 is 23.4 Å². The summed E-state index contributed by atoms with van der Waals surface area (Å²) in [6, 6.07) is 6.92. The number of hydrogen-bond donors (Lipinski definition) is 1. The van der Waals surface area contributed by atoms with Gasteiger partial charge in [-0.25, -0.2) is 13.4 Å². The van der Waals surface area contributed by atoms with Crippen molar-refractivity contribution in [1.29, 1.82) is 0 Å². The van der Waals surface area contributed by atoms with Gasteiger partial charge in [-0.2, -0.15) is 4.31 Å². The van der Waals surface area contributed by atoms with Crippen molar-refractivity contribution in [2.45, 2.75) is 35.6 Å². The molecular weight excluding hydrogens is 464 g/mol. The Balaban J connectivity index is 1.61. The van der Waals surface area contributed by atoms with E-state index in [1.165, 1.54) is 34.8 Å². The van der Waals surface area contributed by atoms with Crippen LogP contribution in [0.5, 0.6) is 0 Å². The van der Waals surface area contributed by atoms with Crippen LogP contribution in [0.1, 0.15) is 25.7 Å². The summed E-state index contributed by atoms with van der Waals surface area (Å²) < 4.78 is 27.1. The largest absolute Gasteiger partial charge is 0.320 e. The third-order valence-electron chi connectivity index (χ3n) is 4.69. The predicted molar refractivity (Wildman–Crippen MR) is 119 cm³/mol. The number of amides is 1. The average Bonchev–Trinajstić information content (AvgIpc) is 3.02. The number of anilines is 1. The zero-order chi connectivity index (χ0) is 22.4. The highest BCUT2D eigenvalue weighted by atomic mass is 35.5. The fourth-order valence-electron chi connectivity index (χ4n) is 3.13. The van der Waals surface area contributed by atoms with E-state index in [9.17, 15) is 23.3 Å². The minimum absolute atomic E-state index is 0.00921. The predicted octanol–water partition coefficient (Wildman–Crippen LogP) is 3.94. The molecule has 0 aliphatic carbocycles. The maximum Gasteiger partial charge on any atom is 0.292 e. The van der Waals surface area contributed by atoms with Gasteiger partial charge in [-0.3, -0.25) is 14.9 Å². The van der Waals surface area contributed by atoms with Gasteiger partial charge in [0.15, 0.2) is 0 Å². The van der Waals surface area contributed by atoms with Gasteiger partial charge in [-0.15, -0.1) is 0 Å². The molecule has 0 unspecified atom stereocenters. The summed E-state index contributed by atoms with van der Waals surface area (Å²) in [5, 5.41) is 14.3. The fraction of sp³-hybridized carbons (Fsp3) is 0.368. The van der Waals surface area contributed by atoms with E-state index in [1.54, 1.807) is 6.07 Å². The van der Waals surface area contributed by atoms with Crippen molar-refractivity contribution in [3.63, 3.8) is 0 Å². The van der Waals surface area contributed by atoms with E-state index >= 15 is 0 Å². The number of halogens is 1. The third kappa shape index (κ3) is 6.16. The number of carbonyl (C=O) groups is 1. The Morgan fingerprint density at radius 1 is 1.19 bits per heavy atom. The zero-order valence-electron chi connectivity index (χ0n) is 16.5. The van der Waals surface area contributed by atoms with Gasteiger partial charge in [0.05, 0.1) is 15.7 Å². The first-order chi connectivity index (χ1) is 14.8. The van der Waals surface area contributed by atoms with Crippen molar-refractivity contribution in [2.24, 2.45) is 0 Å². The van der Waals surface area contributed by atoms with Crippen LogP contribution in [0.25, 0.3) is 0 Å². The van der Waals surface area contributed by atoms with E-state index in [1.807, 2.05) is 0 Å². The number of rotatable bonds is 7. The van der Waals surface area contributed by atoms with Crippen LogP contribution in [0.15, 0.2) is 46.5 Å². The summed E-state index contributed by atoms with van der Waals surface area (Å²) in [7, 11) is -3.59. The minimum atomic E-state index is -3.59. The van der Waals surface area contributed by atoms with E-state index in [-0.39, 0.29) is 27.0 Å². The maximum absolute atomic E-state index is 12.8. The molecule has 1 saturated heterocycles. The van der Waals surface area contributed by atoms with Crippen LogP contribution in [-0.4, -0.2) is 47.4 Å². The Hall–Kier alpha value is -2.21. The van der Waals surface area contributed by atoms with Gasteiger partial charge < -0.3 is 5.32 Å². The lowest BCUT2D eigenvalue weighted by Crippen LogP contribution is -2.32. The van der Waals surface area contributed by atoms with E-state index in [0.29, 0.717) is 18.1 Å². The average molecular weight is 485 g/mol. The highest BCUT2D eigenvalue weighted by Gasteiger charge is 2.25. The Labute approximate surface area is 189 Å². The molecule has 1 amide bonds. The van der Waals surface area contributed by atoms with Gasteiger partial charge in [0, 0.05) is 30.4 Å². The van der Waals surface area contributed by atoms with E-state index < -0.39 is 20.9 Å². The summed E-state index contributed by atoms with van der Waals surface area (Å²) >= 11 is 6.94. The van der Waals surface area contributed by atoms with Crippen LogP contribution in [0.3, 0.4) is 0 Å². The quantitative estimate of drug-likeness (QED) is 0.358. The van der Waals surface area contributed by atoms with Crippen LogP contribution in [0, 0.1) is 10.1 Å². The normalized spacial score (nSPS) is 15.3. The van der Waals surface area contributed by atoms with Gasteiger partial charge in [0.2, 0.25) is 15.9 Å². The SMILES string of the molecule is O=C(CSc1ccc(S(=O)(=O)N2CCCCCC2)cn1)Nc1cc(Cl)ccc1[N+](=O)[O-]. The highest BCUT2D eigenvalue weighted by Crippen LogP contribution is 2.28. The topological polar surface area (TPSA) is 123 Å². The number of nitro groups is 1. The molecule has 31 heavy (non-hydrogen) atoms. The number of hydrogen-bond acceptors (Lipinski definition) is 7. The number of carbonyl (C=O) groups excluding carboxylic acids is 1. The number of aromatic nitrogens is 1. The first kappa shape index (κ1) is 23.5. The summed E-state index contributed by atoms with van der Waals surface area (Å²) in [6.07, 6.45) is 5.05. The molecule has 12 heteroatoms. The van der Waals surface area contributed by atoms with Crippen molar-refractivity contribution in [1.82, 2.24) is 9.29 Å². The maximum atomic E-state index is 12.8. The molecule has 1 aliphatic rings. The van der Waals surface area contributed by atoms with Crippen LogP contribution in [-0.2, 0) is 14.8 Å². The Kier molecular flexibility index (Phi) is 7.87. The molecule has 1 aliphatic heterocycles. The number of nitrogens with zero attached hydrogens (tertiary/aromatic N) is 3. The van der Waals surface area contributed by atoms with Gasteiger partial charge in [0.1, 0.15) is 10.6 Å². The summed E-state index contributed by atoms with van der Waals surface area (Å²) in [6.45, 7) is 1.02. The molecule has 1 N–H and O–H groups in total. The van der Waals surface area contributed by atoms with Crippen molar-refractivity contribution in [2.75, 3.05) is 24.2 Å². The van der Waals surface area contributed by atoms with Crippen LogP contribution in [0.2, 0.25) is 5.02 Å². The Bertz CT molecular complexity index is 1060. The Morgan fingerprint density at radius 3 is 2.52 bits per heavy atom. The summed E-state index contributed by atoms with van der Waals surface area (Å²) in [4.78, 5) is 27.0. The van der Waals surface area contributed by atoms with Gasteiger partial charge in [0.25, 0.3) is 5.69 Å². The van der Waals surface area contributed by atoms with Crippen LogP contribution < -0.4 is 5.32 Å². The highest BCUT2D eigenvalue weighted by molar-refractivity contribution is 7.99. The molecule has 9 nitrogen and oxygen atoms in total. The van der Waals surface area contributed by atoms with E-state index in [0.717, 1.165) is 37.4 Å². The first-order valence-electron chi connectivity index (χ1n) is 9.60. The minimum Gasteiger partial charge on any atom is -0.320 e. The molecule has 2 heterocycles. The molecule has 1 aromatic carbocycles. The summed E-state index contributed by atoms with van der Waals surface area (Å²) in [5.74, 6) is -0.534. The van der Waals surface area contributed by atoms with E-state index in [2.05, 4.69) is 10.3 Å². The molecule has 0 spiro atoms. The molecule has 166 valence electrons. The number of pyridine rings is 1. The van der Waals surface area contributed by atoms with Gasteiger partial charge in [-0.1, -0.05) is 36.2 Å². The Morgan fingerprint density at radius 2 is 1.90 bits per heavy atom. The van der Waals surface area contributed by atoms with Gasteiger partial charge in [-0.05, 0) is 37.1 Å². The van der Waals surface area contributed by atoms with Crippen LogP contribution in [0.4, 0.5) is 11.4 Å². The lowest BCUT2D eigenvalue weighted by atomic mass is 10.2. The number of nitro benzene ring substituents is 1. The zero-order valence-corrected chi connectivity index (χ0v) is 18.9. The molecule has 1 aromatic heterocycles. The van der Waals surface area contributed by atoms with Crippen molar-refractivity contribution < 1.29 is 18.1 Å². The van der Waals surface area contributed by atoms with Crippen molar-refractivity contribution in [3.8, 4) is 0 Å². The number of nitrogens with one attached hydrogen (secondary N) is 1. The molecule has 0 saturated carbocycles. The lowest BCUT2D eigenvalue weighted by molar-refractivity contribution is -0.383. The van der Waals surface area contributed by atoms with Gasteiger partial charge >= 0.3 is 0 Å². The third-order valence-corrected chi connectivity index (χ3v) is 7.75. The van der Waals surface area contributed by atoms with Crippen molar-refractivity contribution in [3.05, 3.63) is 51.7 Å². The van der Waals surface area contributed by atoms with E-state index in [4.69, 9.17) is 11.6 Å². The monoisotopic (exact) mass is 484 g/mol. The number of benzene rings is 1. The van der Waals surface area contributed by atoms with Crippen molar-refractivity contribution >= 4 is 50.7 Å². The molecular formula is C19H21ClN4O5S2. The lowest BCUT2D eigenvalue weighted by Gasteiger charge is -2.19. The second-order valence-corrected chi connectivity index (χ2v) is 10.3. The number of sulfonamides is 1. The molecule has 3 rings (SSSR count). The molecule has 1 fully saturated rings. The molecule has 2 aromatic rings. The summed E-state index contributed by atoms with van der Waals surface area (Å²) in [5.41, 5.74) is -0.251. The smallest absolute Gasteiger partial charge is 0.292 e. The molecule has 0 bridgehead atoms. The fourth-order valence-corrected chi connectivity index (χ4v) is 5.41. The second-order valence-electron chi connectivity index (χ2n) is 6.91. The standard InChI is InChI=1S/C19H21ClN4O5S2/c20-14-5-7-17(24(26)27)16(11-14)22-18(25)13-30-19-8-6-15(12-21-19)31(28,29)23-9-3-1-2-4-10-23/h5-8,11-12H,1-4,9-10,13H2,(H,22,25).